The lowest BCUT2D eigenvalue weighted by atomic mass is 10.1. The van der Waals surface area contributed by atoms with Crippen molar-refractivity contribution in [1.29, 1.82) is 0 Å². The molecule has 0 aliphatic rings. The average molecular weight is 294 g/mol. The van der Waals surface area contributed by atoms with Crippen molar-refractivity contribution in [2.45, 2.75) is 11.3 Å². The zero-order chi connectivity index (χ0) is 10.6. The quantitative estimate of drug-likeness (QED) is 0.624. The molecule has 0 aliphatic carbocycles. The molecule has 0 saturated carbocycles. The number of Topliss-reactive ketones (excluding diaryl/α,β-unsaturated/α-hetero) is 1. The molecule has 76 valence electrons. The Kier molecular flexibility index (Phi) is 4.99. The second-order valence-electron chi connectivity index (χ2n) is 2.85. The highest BCUT2D eigenvalue weighted by atomic mass is 79.9. The highest BCUT2D eigenvalue weighted by Crippen LogP contribution is 2.22. The highest BCUT2D eigenvalue weighted by molar-refractivity contribution is 9.10. The third-order valence-electron chi connectivity index (χ3n) is 1.72. The number of halogens is 2. The Morgan fingerprint density at radius 1 is 1.50 bits per heavy atom. The lowest BCUT2D eigenvalue weighted by Crippen LogP contribution is -2.03. The van der Waals surface area contributed by atoms with Crippen molar-refractivity contribution in [3.63, 3.8) is 0 Å². The molecule has 4 heteroatoms. The van der Waals surface area contributed by atoms with E-state index in [9.17, 15) is 4.79 Å². The van der Waals surface area contributed by atoms with Gasteiger partial charge in [-0.25, -0.2) is 0 Å². The van der Waals surface area contributed by atoms with Crippen LogP contribution in [0.2, 0.25) is 0 Å². The van der Waals surface area contributed by atoms with E-state index in [0.29, 0.717) is 6.42 Å². The van der Waals surface area contributed by atoms with Crippen molar-refractivity contribution in [2.24, 2.45) is 0 Å². The summed E-state index contributed by atoms with van der Waals surface area (Å²) in [5, 5.41) is 0. The molecule has 1 aromatic rings. The van der Waals surface area contributed by atoms with E-state index >= 15 is 0 Å². The van der Waals surface area contributed by atoms with Crippen molar-refractivity contribution in [3.05, 3.63) is 28.2 Å². The number of rotatable bonds is 4. The van der Waals surface area contributed by atoms with E-state index in [-0.39, 0.29) is 11.7 Å². The molecular formula is C10H10BrClOS. The first-order valence-electron chi connectivity index (χ1n) is 4.07. The Bertz CT molecular complexity index is 341. The molecule has 0 saturated heterocycles. The van der Waals surface area contributed by atoms with Crippen LogP contribution in [-0.4, -0.2) is 17.9 Å². The Morgan fingerprint density at radius 2 is 2.21 bits per heavy atom. The second kappa shape index (κ2) is 5.79. The van der Waals surface area contributed by atoms with Gasteiger partial charge in [0.2, 0.25) is 0 Å². The van der Waals surface area contributed by atoms with Gasteiger partial charge in [0, 0.05) is 15.8 Å². The van der Waals surface area contributed by atoms with Crippen LogP contribution in [0.25, 0.3) is 0 Å². The van der Waals surface area contributed by atoms with Gasteiger partial charge in [0.1, 0.15) is 0 Å². The predicted octanol–water partition coefficient (Wildman–Crippen LogP) is 3.52. The molecular weight excluding hydrogens is 284 g/mol. The van der Waals surface area contributed by atoms with Crippen molar-refractivity contribution in [1.82, 2.24) is 0 Å². The number of carbonyl (C=O) groups excluding carboxylic acids is 1. The van der Waals surface area contributed by atoms with Gasteiger partial charge in [-0.05, 0) is 30.0 Å². The predicted molar refractivity (Wildman–Crippen MR) is 65.4 cm³/mol. The number of thioether (sulfide) groups is 1. The van der Waals surface area contributed by atoms with Crippen LogP contribution in [-0.2, 0) is 11.2 Å². The Labute approximate surface area is 101 Å². The summed E-state index contributed by atoms with van der Waals surface area (Å²) in [6, 6.07) is 5.99. The lowest BCUT2D eigenvalue weighted by molar-refractivity contribution is -0.116. The summed E-state index contributed by atoms with van der Waals surface area (Å²) in [5.74, 6) is 0.137. The number of benzene rings is 1. The normalized spacial score (nSPS) is 10.2. The van der Waals surface area contributed by atoms with Gasteiger partial charge < -0.3 is 0 Å². The Morgan fingerprint density at radius 3 is 2.79 bits per heavy atom. The summed E-state index contributed by atoms with van der Waals surface area (Å²) in [4.78, 5) is 12.3. The van der Waals surface area contributed by atoms with Crippen molar-refractivity contribution in [3.8, 4) is 0 Å². The fourth-order valence-corrected chi connectivity index (χ4v) is 2.42. The topological polar surface area (TPSA) is 17.1 Å². The van der Waals surface area contributed by atoms with Gasteiger partial charge >= 0.3 is 0 Å². The third kappa shape index (κ3) is 3.64. The molecule has 0 bridgehead atoms. The van der Waals surface area contributed by atoms with Crippen LogP contribution in [0.3, 0.4) is 0 Å². The SMILES string of the molecule is CSc1cc(Br)cc(CC(=O)CCl)c1. The molecule has 14 heavy (non-hydrogen) atoms. The molecule has 0 radical (unpaired) electrons. The van der Waals surface area contributed by atoms with Crippen LogP contribution in [0.4, 0.5) is 0 Å². The summed E-state index contributed by atoms with van der Waals surface area (Å²) in [6.45, 7) is 0. The van der Waals surface area contributed by atoms with E-state index in [1.54, 1.807) is 11.8 Å². The van der Waals surface area contributed by atoms with Crippen LogP contribution in [0, 0.1) is 0 Å². The van der Waals surface area contributed by atoms with Crippen molar-refractivity contribution >= 4 is 45.1 Å². The van der Waals surface area contributed by atoms with E-state index in [1.807, 2.05) is 24.5 Å². The molecule has 0 atom stereocenters. The average Bonchev–Trinajstić information content (AvgIpc) is 2.16. The van der Waals surface area contributed by atoms with E-state index in [0.717, 1.165) is 14.9 Å². The second-order valence-corrected chi connectivity index (χ2v) is 4.91. The first kappa shape index (κ1) is 12.1. The summed E-state index contributed by atoms with van der Waals surface area (Å²) in [7, 11) is 0. The van der Waals surface area contributed by atoms with Gasteiger partial charge in [-0.3, -0.25) is 4.79 Å². The van der Waals surface area contributed by atoms with Gasteiger partial charge in [-0.1, -0.05) is 15.9 Å². The maximum absolute atomic E-state index is 11.1. The summed E-state index contributed by atoms with van der Waals surface area (Å²) >= 11 is 10.5. The molecule has 1 aromatic carbocycles. The number of ketones is 1. The molecule has 1 rings (SSSR count). The highest BCUT2D eigenvalue weighted by Gasteiger charge is 2.04. The molecule has 0 heterocycles. The number of carbonyl (C=O) groups is 1. The van der Waals surface area contributed by atoms with Gasteiger partial charge in [0.05, 0.1) is 5.88 Å². The molecule has 0 spiro atoms. The minimum atomic E-state index is 0.0526. The Balaban J connectivity index is 2.86. The molecule has 0 aliphatic heterocycles. The lowest BCUT2D eigenvalue weighted by Gasteiger charge is -2.03. The largest absolute Gasteiger partial charge is 0.298 e. The van der Waals surface area contributed by atoms with Crippen LogP contribution >= 0.6 is 39.3 Å². The van der Waals surface area contributed by atoms with Gasteiger partial charge in [0.25, 0.3) is 0 Å². The number of hydrogen-bond acceptors (Lipinski definition) is 2. The molecule has 0 aromatic heterocycles. The fraction of sp³-hybridized carbons (Fsp3) is 0.300. The standard InChI is InChI=1S/C10H10BrClOS/c1-14-10-4-7(2-8(11)5-10)3-9(13)6-12/h2,4-5H,3,6H2,1H3. The van der Waals surface area contributed by atoms with E-state index in [1.165, 1.54) is 0 Å². The van der Waals surface area contributed by atoms with Gasteiger partial charge in [-0.2, -0.15) is 0 Å². The summed E-state index contributed by atoms with van der Waals surface area (Å²) in [6.07, 6.45) is 2.42. The number of hydrogen-bond donors (Lipinski definition) is 0. The first-order valence-corrected chi connectivity index (χ1v) is 6.62. The van der Waals surface area contributed by atoms with E-state index in [2.05, 4.69) is 15.9 Å². The maximum Gasteiger partial charge on any atom is 0.151 e. The molecule has 0 N–H and O–H groups in total. The zero-order valence-electron chi connectivity index (χ0n) is 7.72. The minimum absolute atomic E-state index is 0.0526. The third-order valence-corrected chi connectivity index (χ3v) is 3.18. The summed E-state index contributed by atoms with van der Waals surface area (Å²) < 4.78 is 1.00. The van der Waals surface area contributed by atoms with Gasteiger partial charge in [0.15, 0.2) is 5.78 Å². The van der Waals surface area contributed by atoms with Crippen LogP contribution < -0.4 is 0 Å². The number of alkyl halides is 1. The van der Waals surface area contributed by atoms with Gasteiger partial charge in [-0.15, -0.1) is 23.4 Å². The van der Waals surface area contributed by atoms with E-state index in [4.69, 9.17) is 11.6 Å². The minimum Gasteiger partial charge on any atom is -0.298 e. The van der Waals surface area contributed by atoms with Crippen molar-refractivity contribution < 1.29 is 4.79 Å². The van der Waals surface area contributed by atoms with Crippen LogP contribution in [0.5, 0.6) is 0 Å². The maximum atomic E-state index is 11.1. The Hall–Kier alpha value is 0.01000. The van der Waals surface area contributed by atoms with Crippen molar-refractivity contribution in [2.75, 3.05) is 12.1 Å². The molecule has 0 unspecified atom stereocenters. The zero-order valence-corrected chi connectivity index (χ0v) is 10.9. The van der Waals surface area contributed by atoms with Crippen LogP contribution in [0.15, 0.2) is 27.6 Å². The monoisotopic (exact) mass is 292 g/mol. The molecule has 0 amide bonds. The first-order chi connectivity index (χ1) is 6.65. The molecule has 0 fully saturated rings. The van der Waals surface area contributed by atoms with E-state index < -0.39 is 0 Å². The smallest absolute Gasteiger partial charge is 0.151 e. The fourth-order valence-electron chi connectivity index (χ4n) is 1.12. The van der Waals surface area contributed by atoms with Crippen LogP contribution in [0.1, 0.15) is 5.56 Å². The summed E-state index contributed by atoms with van der Waals surface area (Å²) in [5.41, 5.74) is 1.01. The molecule has 1 nitrogen and oxygen atoms in total.